The third-order valence-corrected chi connectivity index (χ3v) is 29.7. The van der Waals surface area contributed by atoms with Gasteiger partial charge in [-0.3, -0.25) is 0 Å². The normalized spacial score (nSPS) is 23.5. The van der Waals surface area contributed by atoms with E-state index in [1.54, 1.807) is 0 Å². The molecule has 4 saturated heterocycles. The van der Waals surface area contributed by atoms with Gasteiger partial charge in [-0.05, 0) is 228 Å². The van der Waals surface area contributed by atoms with Crippen molar-refractivity contribution in [3.8, 4) is 47.4 Å². The zero-order valence-corrected chi connectivity index (χ0v) is 59.6. The molecule has 0 spiro atoms. The van der Waals surface area contributed by atoms with Gasteiger partial charge in [0.1, 0.15) is 0 Å². The summed E-state index contributed by atoms with van der Waals surface area (Å²) in [5.41, 5.74) is 18.8. The Morgan fingerprint density at radius 3 is 0.479 bits per heavy atom. The molecule has 0 amide bonds. The summed E-state index contributed by atoms with van der Waals surface area (Å²) in [7, 11) is 15.9. The summed E-state index contributed by atoms with van der Waals surface area (Å²) in [6.07, 6.45) is 6.48. The highest BCUT2D eigenvalue weighted by Gasteiger charge is 2.69. The second kappa shape index (κ2) is 29.4. The number of nitrogens with zero attached hydrogens (tertiary/aromatic N) is 4. The standard InChI is InChI=1S/C82H76N4S8/c1(5-67-17-33-75(34-18-67)83-41-49-87-88-50-42-83)63-9-25-71(26-10-63)79-57-80(72-27-11-64(12-28-72)2-6-68-19-35-76(36-20-68)84-43-51-89-90-52-44-84)60-81(58-79,73-29-13-65(14-30-73)3-7-69-21-37-77(38-22-69)85-45-53-91-92-54-46-85)62-82(59-79,61-80)74-31-15-66(16-32-74)4-8-70-23-39-78(40-24-70)86-47-55-93-94-56-48-86/h9-40H,41-62H2. The van der Waals surface area contributed by atoms with E-state index in [1.807, 2.05) is 86.4 Å². The first kappa shape index (κ1) is 64.0. The van der Waals surface area contributed by atoms with Crippen LogP contribution in [0.1, 0.15) is 105 Å². The Morgan fingerprint density at radius 2 is 0.330 bits per heavy atom. The highest BCUT2D eigenvalue weighted by molar-refractivity contribution is 8.77. The predicted octanol–water partition coefficient (Wildman–Crippen LogP) is 18.5. The highest BCUT2D eigenvalue weighted by atomic mass is 33.1. The van der Waals surface area contributed by atoms with Crippen molar-refractivity contribution in [3.63, 3.8) is 0 Å². The van der Waals surface area contributed by atoms with E-state index in [1.165, 1.54) is 45.0 Å². The van der Waals surface area contributed by atoms with E-state index in [0.29, 0.717) is 0 Å². The molecule has 8 fully saturated rings. The Balaban J connectivity index is 0.776. The minimum Gasteiger partial charge on any atom is -0.370 e. The Hall–Kier alpha value is -6.00. The van der Waals surface area contributed by atoms with Gasteiger partial charge in [-0.1, -0.05) is 182 Å². The summed E-state index contributed by atoms with van der Waals surface area (Å²) in [5, 5.41) is 0. The van der Waals surface area contributed by atoms with Gasteiger partial charge in [0.2, 0.25) is 0 Å². The van der Waals surface area contributed by atoms with E-state index in [4.69, 9.17) is 0 Å². The van der Waals surface area contributed by atoms with Crippen LogP contribution in [0, 0.1) is 47.4 Å². The molecule has 4 aliphatic heterocycles. The van der Waals surface area contributed by atoms with E-state index in [0.717, 1.165) is 181 Å². The smallest absolute Gasteiger partial charge is 0.0367 e. The molecule has 8 aromatic carbocycles. The van der Waals surface area contributed by atoms with Crippen LogP contribution in [-0.2, 0) is 21.7 Å². The maximum atomic E-state index is 3.59. The van der Waals surface area contributed by atoms with Crippen molar-refractivity contribution in [2.24, 2.45) is 0 Å². The number of hydrogen-bond donors (Lipinski definition) is 0. The molecule has 4 saturated carbocycles. The molecular formula is C82H76N4S8. The number of anilines is 4. The monoisotopic (exact) mass is 1370 g/mol. The number of hydrogen-bond acceptors (Lipinski definition) is 12. The second-order valence-electron chi connectivity index (χ2n) is 26.2. The topological polar surface area (TPSA) is 13.0 Å². The fourth-order valence-electron chi connectivity index (χ4n) is 16.2. The van der Waals surface area contributed by atoms with Crippen molar-refractivity contribution in [1.29, 1.82) is 0 Å². The third kappa shape index (κ3) is 14.6. The zero-order chi connectivity index (χ0) is 63.0. The Labute approximate surface area is 590 Å². The van der Waals surface area contributed by atoms with Crippen LogP contribution in [0.5, 0.6) is 0 Å². The fraction of sp³-hybridized carbons (Fsp3) is 0.317. The van der Waals surface area contributed by atoms with Gasteiger partial charge in [-0.25, -0.2) is 0 Å². The van der Waals surface area contributed by atoms with Crippen molar-refractivity contribution < 1.29 is 0 Å². The number of rotatable bonds is 8. The summed E-state index contributed by atoms with van der Waals surface area (Å²) in [5.74, 6) is 37.7. The van der Waals surface area contributed by atoms with E-state index in [-0.39, 0.29) is 21.7 Å². The molecule has 8 aromatic rings. The molecule has 0 unspecified atom stereocenters. The van der Waals surface area contributed by atoms with Crippen LogP contribution in [0.15, 0.2) is 194 Å². The maximum Gasteiger partial charge on any atom is 0.0367 e. The molecule has 0 N–H and O–H groups in total. The fourth-order valence-corrected chi connectivity index (χ4v) is 24.1. The van der Waals surface area contributed by atoms with E-state index in [2.05, 4.69) is 261 Å². The summed E-state index contributed by atoms with van der Waals surface area (Å²) in [4.78, 5) is 10.0. The molecule has 4 heterocycles. The predicted molar refractivity (Wildman–Crippen MR) is 418 cm³/mol. The first-order valence-corrected chi connectivity index (χ1v) is 43.2. The molecule has 4 aliphatic carbocycles. The van der Waals surface area contributed by atoms with E-state index >= 15 is 0 Å². The first-order chi connectivity index (χ1) is 46.3. The molecular weight excluding hydrogens is 1300 g/mol. The lowest BCUT2D eigenvalue weighted by molar-refractivity contribution is -0.0691. The third-order valence-electron chi connectivity index (χ3n) is 20.3. The zero-order valence-electron chi connectivity index (χ0n) is 53.1. The SMILES string of the molecule is C(#Cc1ccc(C23CC4(c5ccc(C#Cc6ccc(N7CCSSCC7)cc6)cc5)CC(c5ccc(C#Cc6ccc(N7CCSSCC7)cc6)cc5)(C2)CC(c2ccc(C#Cc5ccc(N6CCSSCC6)cc5)cc2)(C3)C4)cc1)c1ccc(N2CCSSCC2)cc1. The van der Waals surface area contributed by atoms with Gasteiger partial charge in [0.25, 0.3) is 0 Å². The minimum atomic E-state index is -0.123. The molecule has 472 valence electrons. The molecule has 8 aliphatic rings. The van der Waals surface area contributed by atoms with Gasteiger partial charge in [0, 0.05) is 166 Å². The van der Waals surface area contributed by atoms with Crippen molar-refractivity contribution >= 4 is 109 Å². The molecule has 12 heteroatoms. The summed E-state index contributed by atoms with van der Waals surface area (Å²) in [6, 6.07) is 73.7. The molecule has 0 radical (unpaired) electrons. The Bertz CT molecular complexity index is 3590. The van der Waals surface area contributed by atoms with Crippen molar-refractivity contribution in [3.05, 3.63) is 261 Å². The van der Waals surface area contributed by atoms with E-state index in [9.17, 15) is 0 Å². The number of benzene rings is 8. The lowest BCUT2D eigenvalue weighted by Gasteiger charge is -2.71. The van der Waals surface area contributed by atoms with Crippen LogP contribution in [0.4, 0.5) is 22.7 Å². The molecule has 0 aromatic heterocycles. The maximum absolute atomic E-state index is 3.59. The highest BCUT2D eigenvalue weighted by Crippen LogP contribution is 2.75. The summed E-state index contributed by atoms with van der Waals surface area (Å²) < 4.78 is 0. The lowest BCUT2D eigenvalue weighted by Crippen LogP contribution is -2.67. The van der Waals surface area contributed by atoms with Crippen molar-refractivity contribution in [1.82, 2.24) is 0 Å². The minimum absolute atomic E-state index is 0.123. The van der Waals surface area contributed by atoms with Gasteiger partial charge in [-0.2, -0.15) is 0 Å². The van der Waals surface area contributed by atoms with E-state index < -0.39 is 0 Å². The van der Waals surface area contributed by atoms with Crippen molar-refractivity contribution in [2.45, 2.75) is 60.2 Å². The van der Waals surface area contributed by atoms with Gasteiger partial charge in [0.15, 0.2) is 0 Å². The molecule has 16 rings (SSSR count). The summed E-state index contributed by atoms with van der Waals surface area (Å²) in [6.45, 7) is 8.67. The quantitative estimate of drug-likeness (QED) is 0.106. The van der Waals surface area contributed by atoms with Gasteiger partial charge in [0.05, 0.1) is 0 Å². The average molecular weight is 1370 g/mol. The van der Waals surface area contributed by atoms with Crippen molar-refractivity contribution in [2.75, 3.05) is 118 Å². The van der Waals surface area contributed by atoms with Gasteiger partial charge < -0.3 is 19.6 Å². The summed E-state index contributed by atoms with van der Waals surface area (Å²) >= 11 is 0. The lowest BCUT2D eigenvalue weighted by atomic mass is 9.32. The van der Waals surface area contributed by atoms with Crippen LogP contribution in [-0.4, -0.2) is 98.4 Å². The van der Waals surface area contributed by atoms with Crippen LogP contribution < -0.4 is 19.6 Å². The van der Waals surface area contributed by atoms with Gasteiger partial charge in [-0.15, -0.1) is 0 Å². The second-order valence-corrected chi connectivity index (χ2v) is 37.0. The largest absolute Gasteiger partial charge is 0.370 e. The Kier molecular flexibility index (Phi) is 20.0. The van der Waals surface area contributed by atoms with Crippen LogP contribution in [0.2, 0.25) is 0 Å². The average Bonchev–Trinajstić information content (AvgIpc) is 0.699. The van der Waals surface area contributed by atoms with Crippen LogP contribution in [0.25, 0.3) is 0 Å². The molecule has 94 heavy (non-hydrogen) atoms. The molecule has 4 bridgehead atoms. The van der Waals surface area contributed by atoms with Crippen LogP contribution in [0.3, 0.4) is 0 Å². The Morgan fingerprint density at radius 1 is 0.191 bits per heavy atom. The van der Waals surface area contributed by atoms with Crippen LogP contribution >= 0.6 is 86.4 Å². The van der Waals surface area contributed by atoms with Gasteiger partial charge >= 0.3 is 0 Å². The first-order valence-electron chi connectivity index (χ1n) is 33.2. The molecule has 0 atom stereocenters. The molecule has 4 nitrogen and oxygen atoms in total.